The van der Waals surface area contributed by atoms with Crippen LogP contribution in [0.1, 0.15) is 52.0 Å². The first kappa shape index (κ1) is 16.8. The molecule has 3 nitrogen and oxygen atoms in total. The van der Waals surface area contributed by atoms with E-state index in [4.69, 9.17) is 9.47 Å². The Morgan fingerprint density at radius 3 is 2.55 bits per heavy atom. The minimum Gasteiger partial charge on any atom is -0.493 e. The number of hydrogen-bond donors (Lipinski definition) is 1. The summed E-state index contributed by atoms with van der Waals surface area (Å²) in [5.41, 5.74) is 1.23. The highest BCUT2D eigenvalue weighted by Crippen LogP contribution is 2.28. The van der Waals surface area contributed by atoms with Gasteiger partial charge in [0.1, 0.15) is 0 Å². The number of benzene rings is 1. The van der Waals surface area contributed by atoms with Crippen LogP contribution >= 0.6 is 0 Å². The summed E-state index contributed by atoms with van der Waals surface area (Å²) in [5, 5.41) is 3.48. The Morgan fingerprint density at radius 1 is 1.10 bits per heavy atom. The normalized spacial score (nSPS) is 10.8. The molecule has 1 rings (SSSR count). The lowest BCUT2D eigenvalue weighted by molar-refractivity contribution is 0.230. The van der Waals surface area contributed by atoms with Crippen molar-refractivity contribution in [2.45, 2.75) is 59.1 Å². The van der Waals surface area contributed by atoms with Crippen LogP contribution in [0.3, 0.4) is 0 Å². The molecule has 20 heavy (non-hydrogen) atoms. The Kier molecular flexibility index (Phi) is 8.12. The molecule has 0 radical (unpaired) electrons. The molecule has 0 aliphatic carbocycles. The fraction of sp³-hybridized carbons (Fsp3) is 0.647. The molecule has 0 unspecified atom stereocenters. The molecule has 3 heteroatoms. The molecule has 0 amide bonds. The van der Waals surface area contributed by atoms with E-state index in [-0.39, 0.29) is 6.10 Å². The first-order chi connectivity index (χ1) is 9.67. The van der Waals surface area contributed by atoms with Crippen molar-refractivity contribution >= 4 is 0 Å². The van der Waals surface area contributed by atoms with Crippen molar-refractivity contribution in [1.82, 2.24) is 5.32 Å². The molecule has 0 saturated carbocycles. The standard InChI is InChI=1S/C17H29NO2/c1-5-6-7-8-11-18-13-15-9-10-16(20-14(2)3)17(12-15)19-4/h9-10,12,14,18H,5-8,11,13H2,1-4H3. The SMILES string of the molecule is CCCCCCNCc1ccc(OC(C)C)c(OC)c1. The van der Waals surface area contributed by atoms with Gasteiger partial charge in [-0.1, -0.05) is 32.3 Å². The molecule has 0 atom stereocenters. The van der Waals surface area contributed by atoms with Gasteiger partial charge in [-0.25, -0.2) is 0 Å². The van der Waals surface area contributed by atoms with E-state index in [9.17, 15) is 0 Å². The molecular formula is C17H29NO2. The molecule has 1 aromatic carbocycles. The summed E-state index contributed by atoms with van der Waals surface area (Å²) in [6.45, 7) is 8.23. The summed E-state index contributed by atoms with van der Waals surface area (Å²) in [5.74, 6) is 1.62. The average molecular weight is 279 g/mol. The average Bonchev–Trinajstić information content (AvgIpc) is 2.43. The van der Waals surface area contributed by atoms with Gasteiger partial charge in [-0.05, 0) is 44.5 Å². The summed E-state index contributed by atoms with van der Waals surface area (Å²) >= 11 is 0. The summed E-state index contributed by atoms with van der Waals surface area (Å²) in [4.78, 5) is 0. The van der Waals surface area contributed by atoms with Crippen LogP contribution in [0, 0.1) is 0 Å². The van der Waals surface area contributed by atoms with Gasteiger partial charge in [0.25, 0.3) is 0 Å². The van der Waals surface area contributed by atoms with Crippen molar-refractivity contribution in [2.24, 2.45) is 0 Å². The monoisotopic (exact) mass is 279 g/mol. The largest absolute Gasteiger partial charge is 0.493 e. The predicted molar refractivity (Wildman–Crippen MR) is 84.6 cm³/mol. The van der Waals surface area contributed by atoms with Crippen molar-refractivity contribution < 1.29 is 9.47 Å². The van der Waals surface area contributed by atoms with Crippen molar-refractivity contribution in [3.8, 4) is 11.5 Å². The number of methoxy groups -OCH3 is 1. The third-order valence-electron chi connectivity index (χ3n) is 3.13. The highest BCUT2D eigenvalue weighted by molar-refractivity contribution is 5.43. The molecule has 1 N–H and O–H groups in total. The topological polar surface area (TPSA) is 30.5 Å². The first-order valence-corrected chi connectivity index (χ1v) is 7.71. The third-order valence-corrected chi connectivity index (χ3v) is 3.13. The Morgan fingerprint density at radius 2 is 1.90 bits per heavy atom. The van der Waals surface area contributed by atoms with Crippen LogP contribution in [-0.2, 0) is 6.54 Å². The Balaban J connectivity index is 2.43. The van der Waals surface area contributed by atoms with E-state index in [2.05, 4.69) is 24.4 Å². The highest BCUT2D eigenvalue weighted by atomic mass is 16.5. The lowest BCUT2D eigenvalue weighted by Gasteiger charge is -2.14. The second-order valence-corrected chi connectivity index (χ2v) is 5.39. The summed E-state index contributed by atoms with van der Waals surface area (Å²) in [7, 11) is 1.68. The zero-order chi connectivity index (χ0) is 14.8. The number of nitrogens with one attached hydrogen (secondary N) is 1. The number of rotatable bonds is 10. The van der Waals surface area contributed by atoms with E-state index in [0.717, 1.165) is 24.6 Å². The van der Waals surface area contributed by atoms with Gasteiger partial charge < -0.3 is 14.8 Å². The van der Waals surface area contributed by atoms with E-state index in [1.807, 2.05) is 19.9 Å². The third kappa shape index (κ3) is 6.29. The van der Waals surface area contributed by atoms with Crippen LogP contribution in [0.15, 0.2) is 18.2 Å². The van der Waals surface area contributed by atoms with E-state index < -0.39 is 0 Å². The van der Waals surface area contributed by atoms with E-state index in [1.165, 1.54) is 31.2 Å². The summed E-state index contributed by atoms with van der Waals surface area (Å²) in [6, 6.07) is 6.14. The number of hydrogen-bond acceptors (Lipinski definition) is 3. The van der Waals surface area contributed by atoms with Crippen LogP contribution in [0.25, 0.3) is 0 Å². The Bertz CT molecular complexity index is 377. The maximum Gasteiger partial charge on any atom is 0.161 e. The van der Waals surface area contributed by atoms with E-state index in [1.54, 1.807) is 7.11 Å². The fourth-order valence-corrected chi connectivity index (χ4v) is 2.08. The van der Waals surface area contributed by atoms with Crippen molar-refractivity contribution in [3.63, 3.8) is 0 Å². The second-order valence-electron chi connectivity index (χ2n) is 5.39. The lowest BCUT2D eigenvalue weighted by Crippen LogP contribution is -2.15. The van der Waals surface area contributed by atoms with Crippen molar-refractivity contribution in [1.29, 1.82) is 0 Å². The van der Waals surface area contributed by atoms with E-state index in [0.29, 0.717) is 0 Å². The van der Waals surface area contributed by atoms with Crippen LogP contribution in [0.2, 0.25) is 0 Å². The van der Waals surface area contributed by atoms with Gasteiger partial charge in [-0.15, -0.1) is 0 Å². The van der Waals surface area contributed by atoms with Gasteiger partial charge in [0, 0.05) is 6.54 Å². The van der Waals surface area contributed by atoms with Crippen molar-refractivity contribution in [2.75, 3.05) is 13.7 Å². The molecule has 1 aromatic rings. The van der Waals surface area contributed by atoms with Gasteiger partial charge >= 0.3 is 0 Å². The fourth-order valence-electron chi connectivity index (χ4n) is 2.08. The molecule has 0 spiro atoms. The molecule has 0 saturated heterocycles. The molecule has 0 heterocycles. The maximum atomic E-state index is 5.72. The van der Waals surface area contributed by atoms with Crippen LogP contribution in [0.5, 0.6) is 11.5 Å². The molecule has 0 fully saturated rings. The highest BCUT2D eigenvalue weighted by Gasteiger charge is 2.07. The first-order valence-electron chi connectivity index (χ1n) is 7.71. The minimum atomic E-state index is 0.159. The summed E-state index contributed by atoms with van der Waals surface area (Å²) < 4.78 is 11.1. The van der Waals surface area contributed by atoms with Crippen molar-refractivity contribution in [3.05, 3.63) is 23.8 Å². The molecule has 0 aliphatic heterocycles. The zero-order valence-corrected chi connectivity index (χ0v) is 13.4. The molecular weight excluding hydrogens is 250 g/mol. The predicted octanol–water partition coefficient (Wildman–Crippen LogP) is 4.15. The summed E-state index contributed by atoms with van der Waals surface area (Å²) in [6.07, 6.45) is 5.34. The van der Waals surface area contributed by atoms with Crippen LogP contribution in [0.4, 0.5) is 0 Å². The Labute approximate surface area is 123 Å². The molecule has 0 bridgehead atoms. The zero-order valence-electron chi connectivity index (χ0n) is 13.4. The van der Waals surface area contributed by atoms with E-state index >= 15 is 0 Å². The van der Waals surface area contributed by atoms with Gasteiger partial charge in [0.2, 0.25) is 0 Å². The Hall–Kier alpha value is -1.22. The number of ether oxygens (including phenoxy) is 2. The quantitative estimate of drug-likeness (QED) is 0.653. The molecule has 0 aromatic heterocycles. The van der Waals surface area contributed by atoms with Gasteiger partial charge in [-0.2, -0.15) is 0 Å². The number of unbranched alkanes of at least 4 members (excludes halogenated alkanes) is 3. The van der Waals surface area contributed by atoms with Crippen LogP contribution < -0.4 is 14.8 Å². The van der Waals surface area contributed by atoms with Gasteiger partial charge in [0.05, 0.1) is 13.2 Å². The maximum absolute atomic E-state index is 5.72. The van der Waals surface area contributed by atoms with Crippen LogP contribution in [-0.4, -0.2) is 19.8 Å². The van der Waals surface area contributed by atoms with Gasteiger partial charge in [0.15, 0.2) is 11.5 Å². The van der Waals surface area contributed by atoms with Gasteiger partial charge in [-0.3, -0.25) is 0 Å². The lowest BCUT2D eigenvalue weighted by atomic mass is 10.2. The second kappa shape index (κ2) is 9.65. The molecule has 114 valence electrons. The smallest absolute Gasteiger partial charge is 0.161 e. The molecule has 0 aliphatic rings. The minimum absolute atomic E-state index is 0.159.